The zero-order valence-electron chi connectivity index (χ0n) is 16.9. The molecule has 0 aliphatic carbocycles. The fourth-order valence-corrected chi connectivity index (χ4v) is 2.67. The van der Waals surface area contributed by atoms with E-state index in [9.17, 15) is 32.5 Å². The van der Waals surface area contributed by atoms with Gasteiger partial charge >= 0.3 is 12.3 Å². The minimum atomic E-state index is -5.15. The number of nitro groups is 1. The molecule has 2 aromatic rings. The van der Waals surface area contributed by atoms with Crippen LogP contribution in [0.1, 0.15) is 26.3 Å². The van der Waals surface area contributed by atoms with Gasteiger partial charge in [0.2, 0.25) is 0 Å². The summed E-state index contributed by atoms with van der Waals surface area (Å²) >= 11 is 0. The summed E-state index contributed by atoms with van der Waals surface area (Å²) in [6, 6.07) is 6.13. The molecule has 0 aromatic heterocycles. The van der Waals surface area contributed by atoms with Crippen molar-refractivity contribution in [3.05, 3.63) is 57.9 Å². The summed E-state index contributed by atoms with van der Waals surface area (Å²) in [5.41, 5.74) is -4.44. The highest BCUT2D eigenvalue weighted by Gasteiger charge is 2.40. The Morgan fingerprint density at radius 1 is 1.16 bits per heavy atom. The number of carbonyl (C=O) groups excluding carboxylic acids is 1. The van der Waals surface area contributed by atoms with Crippen molar-refractivity contribution < 1.29 is 36.8 Å². The summed E-state index contributed by atoms with van der Waals surface area (Å²) < 4.78 is 64.7. The van der Waals surface area contributed by atoms with Crippen LogP contribution in [0.25, 0.3) is 11.1 Å². The van der Waals surface area contributed by atoms with Crippen molar-refractivity contribution in [1.82, 2.24) is 5.32 Å². The average Bonchev–Trinajstić information content (AvgIpc) is 2.62. The van der Waals surface area contributed by atoms with Gasteiger partial charge in [-0.3, -0.25) is 10.1 Å². The number of alkyl carbamates (subject to hydrolysis) is 1. The first-order valence-electron chi connectivity index (χ1n) is 9.04. The third-order valence-electron chi connectivity index (χ3n) is 3.77. The molecule has 0 atom stereocenters. The maximum Gasteiger partial charge on any atom is 0.420 e. The van der Waals surface area contributed by atoms with Gasteiger partial charge in [-0.15, -0.1) is 0 Å². The molecule has 2 rings (SSSR count). The Hall–Kier alpha value is -3.37. The highest BCUT2D eigenvalue weighted by Crippen LogP contribution is 2.44. The SMILES string of the molecule is CC(C)(C)OC(=O)NCCOc1cccc(-c2c([N+](=O)[O-])ccc(F)c2C(F)(F)F)c1. The Morgan fingerprint density at radius 3 is 2.42 bits per heavy atom. The number of halogens is 4. The van der Waals surface area contributed by atoms with E-state index in [0.717, 1.165) is 6.07 Å². The van der Waals surface area contributed by atoms with Crippen LogP contribution in [0.4, 0.5) is 28.0 Å². The maximum atomic E-state index is 14.0. The van der Waals surface area contributed by atoms with E-state index in [4.69, 9.17) is 9.47 Å². The second-order valence-corrected chi connectivity index (χ2v) is 7.38. The molecule has 0 saturated heterocycles. The van der Waals surface area contributed by atoms with Gasteiger partial charge in [-0.1, -0.05) is 12.1 Å². The molecule has 0 heterocycles. The van der Waals surface area contributed by atoms with Gasteiger partial charge in [-0.2, -0.15) is 13.2 Å². The number of hydrogen-bond donors (Lipinski definition) is 1. The normalized spacial score (nSPS) is 11.7. The molecule has 0 radical (unpaired) electrons. The topological polar surface area (TPSA) is 90.7 Å². The van der Waals surface area contributed by atoms with Crippen molar-refractivity contribution in [3.8, 4) is 16.9 Å². The van der Waals surface area contributed by atoms with E-state index in [1.165, 1.54) is 18.2 Å². The van der Waals surface area contributed by atoms with Crippen molar-refractivity contribution in [3.63, 3.8) is 0 Å². The molecule has 0 aliphatic rings. The van der Waals surface area contributed by atoms with Crippen molar-refractivity contribution in [2.24, 2.45) is 0 Å². The number of carbonyl (C=O) groups is 1. The van der Waals surface area contributed by atoms with E-state index >= 15 is 0 Å². The predicted molar refractivity (Wildman–Crippen MR) is 103 cm³/mol. The number of amides is 1. The molecule has 0 unspecified atom stereocenters. The number of rotatable bonds is 6. The van der Waals surface area contributed by atoms with Gasteiger partial charge in [0.1, 0.15) is 29.3 Å². The molecule has 0 aliphatic heterocycles. The number of nitrogens with one attached hydrogen (secondary N) is 1. The van der Waals surface area contributed by atoms with Crippen molar-refractivity contribution in [2.75, 3.05) is 13.2 Å². The van der Waals surface area contributed by atoms with Gasteiger partial charge in [-0.25, -0.2) is 9.18 Å². The lowest BCUT2D eigenvalue weighted by Gasteiger charge is -2.19. The fourth-order valence-electron chi connectivity index (χ4n) is 2.67. The molecule has 1 N–H and O–H groups in total. The van der Waals surface area contributed by atoms with Gasteiger partial charge in [0.05, 0.1) is 17.0 Å². The first-order valence-corrected chi connectivity index (χ1v) is 9.04. The van der Waals surface area contributed by atoms with Crippen LogP contribution in [-0.2, 0) is 10.9 Å². The van der Waals surface area contributed by atoms with Crippen molar-refractivity contribution in [2.45, 2.75) is 32.5 Å². The maximum absolute atomic E-state index is 14.0. The Balaban J connectivity index is 2.25. The quantitative estimate of drug-likeness (QED) is 0.282. The molecule has 0 fully saturated rings. The van der Waals surface area contributed by atoms with Crippen LogP contribution in [0.15, 0.2) is 36.4 Å². The van der Waals surface area contributed by atoms with Gasteiger partial charge < -0.3 is 14.8 Å². The molecule has 1 amide bonds. The van der Waals surface area contributed by atoms with E-state index in [1.807, 2.05) is 0 Å². The van der Waals surface area contributed by atoms with Crippen LogP contribution in [0.3, 0.4) is 0 Å². The lowest BCUT2D eigenvalue weighted by atomic mass is 9.96. The second kappa shape index (κ2) is 9.19. The molecular weight excluding hydrogens is 424 g/mol. The molecule has 2 aromatic carbocycles. The smallest absolute Gasteiger partial charge is 0.420 e. The molecule has 7 nitrogen and oxygen atoms in total. The van der Waals surface area contributed by atoms with E-state index in [-0.39, 0.29) is 24.5 Å². The lowest BCUT2D eigenvalue weighted by molar-refractivity contribution is -0.384. The number of hydrogen-bond acceptors (Lipinski definition) is 5. The zero-order valence-corrected chi connectivity index (χ0v) is 16.9. The molecule has 11 heteroatoms. The van der Waals surface area contributed by atoms with E-state index in [1.54, 1.807) is 20.8 Å². The van der Waals surface area contributed by atoms with Crippen LogP contribution >= 0.6 is 0 Å². The molecular formula is C20H20F4N2O5. The van der Waals surface area contributed by atoms with Crippen LogP contribution < -0.4 is 10.1 Å². The zero-order chi connectivity index (χ0) is 23.4. The van der Waals surface area contributed by atoms with Crippen LogP contribution in [0, 0.1) is 15.9 Å². The van der Waals surface area contributed by atoms with Crippen molar-refractivity contribution >= 4 is 11.8 Å². The Morgan fingerprint density at radius 2 is 1.84 bits per heavy atom. The number of nitrogens with zero attached hydrogens (tertiary/aromatic N) is 1. The number of ether oxygens (including phenoxy) is 2. The van der Waals surface area contributed by atoms with E-state index < -0.39 is 45.4 Å². The number of nitro benzene ring substituents is 1. The number of alkyl halides is 3. The van der Waals surface area contributed by atoms with Crippen molar-refractivity contribution in [1.29, 1.82) is 0 Å². The Labute approximate surface area is 175 Å². The summed E-state index contributed by atoms with van der Waals surface area (Å²) in [5, 5.41) is 13.7. The first-order chi connectivity index (χ1) is 14.3. The summed E-state index contributed by atoms with van der Waals surface area (Å²) in [4.78, 5) is 21.8. The minimum absolute atomic E-state index is 0.0348. The highest BCUT2D eigenvalue weighted by atomic mass is 19.4. The molecule has 168 valence electrons. The third kappa shape index (κ3) is 6.56. The molecule has 0 spiro atoms. The van der Waals surface area contributed by atoms with Gasteiger partial charge in [0.25, 0.3) is 5.69 Å². The highest BCUT2D eigenvalue weighted by molar-refractivity contribution is 5.78. The average molecular weight is 444 g/mol. The monoisotopic (exact) mass is 444 g/mol. The standard InChI is InChI=1S/C20H20F4N2O5/c1-19(2,3)31-18(27)25-9-10-30-13-6-4-5-12(11-13)16-15(26(28)29)8-7-14(21)17(16)20(22,23)24/h4-8,11H,9-10H2,1-3H3,(H,25,27). The first kappa shape index (κ1) is 23.9. The summed E-state index contributed by atoms with van der Waals surface area (Å²) in [5.74, 6) is -1.55. The van der Waals surface area contributed by atoms with Gasteiger partial charge in [-0.05, 0) is 44.5 Å². The summed E-state index contributed by atoms with van der Waals surface area (Å²) in [6.07, 6.45) is -5.82. The number of benzene rings is 2. The van der Waals surface area contributed by atoms with Crippen LogP contribution in [0.5, 0.6) is 5.75 Å². The molecule has 0 bridgehead atoms. The fraction of sp³-hybridized carbons (Fsp3) is 0.350. The van der Waals surface area contributed by atoms with Crippen LogP contribution in [0.2, 0.25) is 0 Å². The largest absolute Gasteiger partial charge is 0.492 e. The van der Waals surface area contributed by atoms with Crippen LogP contribution in [-0.4, -0.2) is 29.8 Å². The van der Waals surface area contributed by atoms with Gasteiger partial charge in [0.15, 0.2) is 0 Å². The van der Waals surface area contributed by atoms with E-state index in [2.05, 4.69) is 5.32 Å². The third-order valence-corrected chi connectivity index (χ3v) is 3.77. The lowest BCUT2D eigenvalue weighted by Crippen LogP contribution is -2.34. The minimum Gasteiger partial charge on any atom is -0.492 e. The summed E-state index contributed by atoms with van der Waals surface area (Å²) in [6.45, 7) is 5.05. The van der Waals surface area contributed by atoms with Gasteiger partial charge in [0, 0.05) is 6.07 Å². The Bertz CT molecular complexity index is 971. The molecule has 0 saturated carbocycles. The predicted octanol–water partition coefficient (Wildman–Crippen LogP) is 5.32. The Kier molecular flexibility index (Phi) is 7.09. The van der Waals surface area contributed by atoms with E-state index in [0.29, 0.717) is 12.1 Å². The second-order valence-electron chi connectivity index (χ2n) is 7.38. The molecule has 31 heavy (non-hydrogen) atoms. The summed E-state index contributed by atoms with van der Waals surface area (Å²) in [7, 11) is 0.